The molecule has 3 heteroatoms. The van der Waals surface area contributed by atoms with Gasteiger partial charge in [-0.3, -0.25) is 0 Å². The smallest absolute Gasteiger partial charge is 0.138 e. The number of hydrogen-bond donors (Lipinski definition) is 1. The molecule has 0 spiro atoms. The third-order valence-electron chi connectivity index (χ3n) is 3.32. The van der Waals surface area contributed by atoms with Crippen molar-refractivity contribution in [3.8, 4) is 17.1 Å². The van der Waals surface area contributed by atoms with Crippen LogP contribution in [0.1, 0.15) is 12.5 Å². The Labute approximate surface area is 112 Å². The van der Waals surface area contributed by atoms with E-state index in [4.69, 9.17) is 4.74 Å². The first-order valence-electron chi connectivity index (χ1n) is 6.43. The Morgan fingerprint density at radius 3 is 2.58 bits per heavy atom. The van der Waals surface area contributed by atoms with Crippen LogP contribution < -0.4 is 4.74 Å². The summed E-state index contributed by atoms with van der Waals surface area (Å²) < 4.78 is 5.16. The Hall–Kier alpha value is -2.29. The number of benzene rings is 2. The van der Waals surface area contributed by atoms with Gasteiger partial charge in [-0.2, -0.15) is 0 Å². The van der Waals surface area contributed by atoms with Crippen LogP contribution in [0.15, 0.2) is 42.5 Å². The first-order valence-corrected chi connectivity index (χ1v) is 6.43. The van der Waals surface area contributed by atoms with E-state index in [1.807, 2.05) is 24.3 Å². The Morgan fingerprint density at radius 2 is 1.89 bits per heavy atom. The Bertz CT molecular complexity index is 698. The minimum absolute atomic E-state index is 0.855. The van der Waals surface area contributed by atoms with Gasteiger partial charge in [-0.1, -0.05) is 13.0 Å². The Balaban J connectivity index is 2.04. The van der Waals surface area contributed by atoms with Gasteiger partial charge in [-0.05, 0) is 48.4 Å². The molecule has 19 heavy (non-hydrogen) atoms. The second kappa shape index (κ2) is 4.76. The van der Waals surface area contributed by atoms with Crippen molar-refractivity contribution in [1.82, 2.24) is 9.97 Å². The standard InChI is InChI=1S/C16H16N2O/c1-3-11-4-9-14-15(10-11)18-16(17-14)12-5-7-13(19-2)8-6-12/h4-10H,3H2,1-2H3,(H,17,18). The number of imidazole rings is 1. The lowest BCUT2D eigenvalue weighted by atomic mass is 10.1. The molecule has 1 N–H and O–H groups in total. The lowest BCUT2D eigenvalue weighted by Crippen LogP contribution is -1.83. The molecule has 0 unspecified atom stereocenters. The van der Waals surface area contributed by atoms with E-state index in [-0.39, 0.29) is 0 Å². The van der Waals surface area contributed by atoms with Gasteiger partial charge in [0.25, 0.3) is 0 Å². The second-order valence-electron chi connectivity index (χ2n) is 4.52. The summed E-state index contributed by atoms with van der Waals surface area (Å²) in [6, 6.07) is 14.3. The molecule has 0 aliphatic rings. The maximum Gasteiger partial charge on any atom is 0.138 e. The molecule has 0 aliphatic carbocycles. The molecular weight excluding hydrogens is 236 g/mol. The number of aryl methyl sites for hydroxylation is 1. The maximum absolute atomic E-state index is 5.16. The Morgan fingerprint density at radius 1 is 1.11 bits per heavy atom. The topological polar surface area (TPSA) is 37.9 Å². The van der Waals surface area contributed by atoms with Crippen molar-refractivity contribution >= 4 is 11.0 Å². The minimum atomic E-state index is 0.855. The van der Waals surface area contributed by atoms with Crippen molar-refractivity contribution < 1.29 is 4.74 Å². The van der Waals surface area contributed by atoms with Gasteiger partial charge in [-0.25, -0.2) is 4.98 Å². The highest BCUT2D eigenvalue weighted by Crippen LogP contribution is 2.23. The largest absolute Gasteiger partial charge is 0.497 e. The molecule has 0 bridgehead atoms. The zero-order valence-corrected chi connectivity index (χ0v) is 11.1. The first kappa shape index (κ1) is 11.8. The molecule has 0 saturated heterocycles. The molecule has 0 fully saturated rings. The lowest BCUT2D eigenvalue weighted by Gasteiger charge is -2.00. The number of rotatable bonds is 3. The van der Waals surface area contributed by atoms with Gasteiger partial charge in [0.1, 0.15) is 11.6 Å². The van der Waals surface area contributed by atoms with Gasteiger partial charge in [0.2, 0.25) is 0 Å². The van der Waals surface area contributed by atoms with E-state index in [9.17, 15) is 0 Å². The summed E-state index contributed by atoms with van der Waals surface area (Å²) in [5.74, 6) is 1.75. The summed E-state index contributed by atoms with van der Waals surface area (Å²) >= 11 is 0. The summed E-state index contributed by atoms with van der Waals surface area (Å²) in [5, 5.41) is 0. The van der Waals surface area contributed by atoms with E-state index in [1.165, 1.54) is 5.56 Å². The summed E-state index contributed by atoms with van der Waals surface area (Å²) in [7, 11) is 1.67. The van der Waals surface area contributed by atoms with Gasteiger partial charge in [0.05, 0.1) is 18.1 Å². The van der Waals surface area contributed by atoms with Gasteiger partial charge in [0, 0.05) is 5.56 Å². The van der Waals surface area contributed by atoms with Crippen LogP contribution in [0.3, 0.4) is 0 Å². The minimum Gasteiger partial charge on any atom is -0.497 e. The summed E-state index contributed by atoms with van der Waals surface area (Å²) in [6.07, 6.45) is 1.03. The third kappa shape index (κ3) is 2.19. The van der Waals surface area contributed by atoms with Crippen LogP contribution in [0.25, 0.3) is 22.4 Å². The predicted molar refractivity (Wildman–Crippen MR) is 77.5 cm³/mol. The lowest BCUT2D eigenvalue weighted by molar-refractivity contribution is 0.415. The summed E-state index contributed by atoms with van der Waals surface area (Å²) in [5.41, 5.74) is 4.47. The quantitative estimate of drug-likeness (QED) is 0.770. The molecular formula is C16H16N2O. The molecule has 3 aromatic rings. The van der Waals surface area contributed by atoms with Crippen LogP contribution in [-0.2, 0) is 6.42 Å². The average molecular weight is 252 g/mol. The van der Waals surface area contributed by atoms with E-state index in [0.29, 0.717) is 0 Å². The van der Waals surface area contributed by atoms with Gasteiger partial charge >= 0.3 is 0 Å². The van der Waals surface area contributed by atoms with Crippen LogP contribution in [0, 0.1) is 0 Å². The van der Waals surface area contributed by atoms with E-state index < -0.39 is 0 Å². The zero-order valence-electron chi connectivity index (χ0n) is 11.1. The molecule has 3 nitrogen and oxygen atoms in total. The van der Waals surface area contributed by atoms with E-state index in [1.54, 1.807) is 7.11 Å². The molecule has 2 aromatic carbocycles. The van der Waals surface area contributed by atoms with Crippen molar-refractivity contribution in [2.24, 2.45) is 0 Å². The monoisotopic (exact) mass is 252 g/mol. The van der Waals surface area contributed by atoms with Crippen molar-refractivity contribution in [3.05, 3.63) is 48.0 Å². The molecule has 0 atom stereocenters. The number of nitrogens with zero attached hydrogens (tertiary/aromatic N) is 1. The predicted octanol–water partition coefficient (Wildman–Crippen LogP) is 3.80. The van der Waals surface area contributed by atoms with E-state index >= 15 is 0 Å². The van der Waals surface area contributed by atoms with Crippen LogP contribution in [0.5, 0.6) is 5.75 Å². The van der Waals surface area contributed by atoms with Crippen LogP contribution in [-0.4, -0.2) is 17.1 Å². The van der Waals surface area contributed by atoms with Crippen LogP contribution in [0.2, 0.25) is 0 Å². The number of ether oxygens (including phenoxy) is 1. The molecule has 3 rings (SSSR count). The van der Waals surface area contributed by atoms with Gasteiger partial charge in [-0.15, -0.1) is 0 Å². The van der Waals surface area contributed by atoms with Crippen molar-refractivity contribution in [2.75, 3.05) is 7.11 Å². The number of aromatic amines is 1. The van der Waals surface area contributed by atoms with Crippen LogP contribution >= 0.6 is 0 Å². The van der Waals surface area contributed by atoms with Crippen molar-refractivity contribution in [1.29, 1.82) is 0 Å². The molecule has 0 aliphatic heterocycles. The number of nitrogens with one attached hydrogen (secondary N) is 1. The number of aromatic nitrogens is 2. The molecule has 96 valence electrons. The molecule has 1 aromatic heterocycles. The zero-order chi connectivity index (χ0) is 13.2. The van der Waals surface area contributed by atoms with Crippen molar-refractivity contribution in [2.45, 2.75) is 13.3 Å². The average Bonchev–Trinajstić information content (AvgIpc) is 2.90. The van der Waals surface area contributed by atoms with Crippen molar-refractivity contribution in [3.63, 3.8) is 0 Å². The van der Waals surface area contributed by atoms with E-state index in [2.05, 4.69) is 35.1 Å². The van der Waals surface area contributed by atoms with Gasteiger partial charge < -0.3 is 9.72 Å². The fraction of sp³-hybridized carbons (Fsp3) is 0.188. The molecule has 1 heterocycles. The number of H-pyrrole nitrogens is 1. The maximum atomic E-state index is 5.16. The molecule has 0 amide bonds. The number of hydrogen-bond acceptors (Lipinski definition) is 2. The Kier molecular flexibility index (Phi) is 2.95. The molecule has 0 radical (unpaired) electrons. The molecule has 0 saturated carbocycles. The fourth-order valence-electron chi connectivity index (χ4n) is 2.16. The van der Waals surface area contributed by atoms with Gasteiger partial charge in [0.15, 0.2) is 0 Å². The fourth-order valence-corrected chi connectivity index (χ4v) is 2.16. The summed E-state index contributed by atoms with van der Waals surface area (Å²) in [6.45, 7) is 2.15. The normalized spacial score (nSPS) is 10.8. The van der Waals surface area contributed by atoms with Crippen LogP contribution in [0.4, 0.5) is 0 Å². The second-order valence-corrected chi connectivity index (χ2v) is 4.52. The first-order chi connectivity index (χ1) is 9.30. The SMILES string of the molecule is CCc1ccc2nc(-c3ccc(OC)cc3)[nH]c2c1. The number of methoxy groups -OCH3 is 1. The van der Waals surface area contributed by atoms with E-state index in [0.717, 1.165) is 34.6 Å². The summed E-state index contributed by atoms with van der Waals surface area (Å²) in [4.78, 5) is 7.99. The highest BCUT2D eigenvalue weighted by molar-refractivity contribution is 5.80. The number of fused-ring (bicyclic) bond motifs is 1. The third-order valence-corrected chi connectivity index (χ3v) is 3.32. The highest BCUT2D eigenvalue weighted by Gasteiger charge is 2.05. The highest BCUT2D eigenvalue weighted by atomic mass is 16.5.